The topological polar surface area (TPSA) is 115 Å². The first-order chi connectivity index (χ1) is 16.5. The summed E-state index contributed by atoms with van der Waals surface area (Å²) in [4.78, 5) is 31.8. The molecule has 11 nitrogen and oxygen atoms in total. The molecule has 0 atom stereocenters. The minimum Gasteiger partial charge on any atom is -0.368 e. The number of carbonyl (C=O) groups excluding carboxylic acids is 1. The first-order valence-corrected chi connectivity index (χ1v) is 11.1. The summed E-state index contributed by atoms with van der Waals surface area (Å²) in [6, 6.07) is 14.5. The number of hydrogen-bond donors (Lipinski definition) is 0. The van der Waals surface area contributed by atoms with Crippen LogP contribution in [0.2, 0.25) is 0 Å². The number of nitrogens with zero attached hydrogens (tertiary/aromatic N) is 8. The molecule has 1 fully saturated rings. The SMILES string of the molecule is Cc1nc2ccccc2n1Cc1cn(CC(=O)N2CCN(c3ccc([N+](=O)[O-])cc3)CC2)nn1. The first kappa shape index (κ1) is 21.6. The Labute approximate surface area is 195 Å². The highest BCUT2D eigenvalue weighted by Gasteiger charge is 2.22. The number of non-ortho nitro benzene ring substituents is 1. The maximum atomic E-state index is 12.8. The number of anilines is 1. The average molecular weight is 460 g/mol. The Morgan fingerprint density at radius 2 is 1.79 bits per heavy atom. The number of imidazole rings is 1. The molecule has 2 aromatic heterocycles. The van der Waals surface area contributed by atoms with Crippen LogP contribution in [-0.4, -0.2) is 66.5 Å². The molecule has 0 saturated carbocycles. The summed E-state index contributed by atoms with van der Waals surface area (Å²) in [5.74, 6) is 0.891. The van der Waals surface area contributed by atoms with Crippen molar-refractivity contribution >= 4 is 28.3 Å². The van der Waals surface area contributed by atoms with Gasteiger partial charge in [-0.3, -0.25) is 14.9 Å². The van der Waals surface area contributed by atoms with E-state index < -0.39 is 4.92 Å². The molecule has 3 heterocycles. The van der Waals surface area contributed by atoms with Gasteiger partial charge in [-0.1, -0.05) is 17.3 Å². The largest absolute Gasteiger partial charge is 0.368 e. The molecule has 174 valence electrons. The van der Waals surface area contributed by atoms with E-state index in [1.807, 2.05) is 36.1 Å². The molecule has 5 rings (SSSR count). The number of nitro benzene ring substituents is 1. The Hall–Kier alpha value is -4.28. The van der Waals surface area contributed by atoms with Gasteiger partial charge in [-0.25, -0.2) is 9.67 Å². The van der Waals surface area contributed by atoms with Crippen LogP contribution in [0.1, 0.15) is 11.5 Å². The third-order valence-electron chi connectivity index (χ3n) is 6.11. The van der Waals surface area contributed by atoms with Gasteiger partial charge in [-0.15, -0.1) is 5.10 Å². The standard InChI is InChI=1S/C23H24N8O3/c1-17-24-21-4-2-3-5-22(21)30(17)15-18-14-29(26-25-18)16-23(32)28-12-10-27(11-13-28)19-6-8-20(9-7-19)31(33)34/h2-9,14H,10-13,15-16H2,1H3. The van der Waals surface area contributed by atoms with Gasteiger partial charge in [0.05, 0.1) is 28.7 Å². The molecular weight excluding hydrogens is 436 g/mol. The van der Waals surface area contributed by atoms with Crippen molar-refractivity contribution in [2.24, 2.45) is 0 Å². The Morgan fingerprint density at radius 3 is 2.53 bits per heavy atom. The second-order valence-corrected chi connectivity index (χ2v) is 8.28. The highest BCUT2D eigenvalue weighted by Crippen LogP contribution is 2.21. The van der Waals surface area contributed by atoms with E-state index in [4.69, 9.17) is 0 Å². The van der Waals surface area contributed by atoms with Gasteiger partial charge in [0.15, 0.2) is 0 Å². The predicted molar refractivity (Wildman–Crippen MR) is 125 cm³/mol. The van der Waals surface area contributed by atoms with Crippen LogP contribution in [0.3, 0.4) is 0 Å². The van der Waals surface area contributed by atoms with Crippen molar-refractivity contribution in [1.82, 2.24) is 29.4 Å². The van der Waals surface area contributed by atoms with Crippen molar-refractivity contribution in [3.63, 3.8) is 0 Å². The van der Waals surface area contributed by atoms with E-state index >= 15 is 0 Å². The molecule has 0 N–H and O–H groups in total. The average Bonchev–Trinajstić information content (AvgIpc) is 3.43. The second kappa shape index (κ2) is 8.93. The van der Waals surface area contributed by atoms with Gasteiger partial charge < -0.3 is 14.4 Å². The number of hydrogen-bond acceptors (Lipinski definition) is 7. The summed E-state index contributed by atoms with van der Waals surface area (Å²) < 4.78 is 3.66. The van der Waals surface area contributed by atoms with E-state index in [-0.39, 0.29) is 18.1 Å². The minimum absolute atomic E-state index is 0.0101. The Kier molecular flexibility index (Phi) is 5.66. The van der Waals surface area contributed by atoms with Gasteiger partial charge in [-0.05, 0) is 31.2 Å². The Balaban J connectivity index is 1.17. The lowest BCUT2D eigenvalue weighted by Gasteiger charge is -2.36. The zero-order valence-corrected chi connectivity index (χ0v) is 18.7. The third-order valence-corrected chi connectivity index (χ3v) is 6.11. The van der Waals surface area contributed by atoms with Crippen LogP contribution in [0.4, 0.5) is 11.4 Å². The molecule has 4 aromatic rings. The molecule has 34 heavy (non-hydrogen) atoms. The van der Waals surface area contributed by atoms with E-state index in [0.29, 0.717) is 32.7 Å². The molecule has 0 bridgehead atoms. The van der Waals surface area contributed by atoms with Gasteiger partial charge in [0.25, 0.3) is 5.69 Å². The van der Waals surface area contributed by atoms with Gasteiger partial charge >= 0.3 is 0 Å². The number of para-hydroxylation sites is 2. The summed E-state index contributed by atoms with van der Waals surface area (Å²) >= 11 is 0. The van der Waals surface area contributed by atoms with Crippen molar-refractivity contribution < 1.29 is 9.72 Å². The molecule has 2 aromatic carbocycles. The van der Waals surface area contributed by atoms with Crippen molar-refractivity contribution in [3.05, 3.63) is 76.4 Å². The minimum atomic E-state index is -0.408. The molecular formula is C23H24N8O3. The molecule has 0 radical (unpaired) electrons. The number of amides is 1. The number of fused-ring (bicyclic) bond motifs is 1. The number of carbonyl (C=O) groups is 1. The lowest BCUT2D eigenvalue weighted by Crippen LogP contribution is -2.49. The summed E-state index contributed by atoms with van der Waals surface area (Å²) in [6.07, 6.45) is 1.80. The highest BCUT2D eigenvalue weighted by molar-refractivity contribution is 5.76. The van der Waals surface area contributed by atoms with E-state index in [1.54, 1.807) is 23.0 Å². The number of aromatic nitrogens is 5. The molecule has 0 aliphatic carbocycles. The Morgan fingerprint density at radius 1 is 1.06 bits per heavy atom. The van der Waals surface area contributed by atoms with Gasteiger partial charge in [-0.2, -0.15) is 0 Å². The van der Waals surface area contributed by atoms with E-state index in [0.717, 1.165) is 28.2 Å². The lowest BCUT2D eigenvalue weighted by atomic mass is 10.2. The fourth-order valence-electron chi connectivity index (χ4n) is 4.28. The second-order valence-electron chi connectivity index (χ2n) is 8.28. The molecule has 1 aliphatic heterocycles. The van der Waals surface area contributed by atoms with Crippen LogP contribution in [0.5, 0.6) is 0 Å². The quantitative estimate of drug-likeness (QED) is 0.320. The van der Waals surface area contributed by atoms with Crippen LogP contribution >= 0.6 is 0 Å². The summed E-state index contributed by atoms with van der Waals surface area (Å²) in [6.45, 7) is 5.13. The maximum Gasteiger partial charge on any atom is 0.269 e. The normalized spacial score (nSPS) is 14.0. The zero-order valence-electron chi connectivity index (χ0n) is 18.7. The van der Waals surface area contributed by atoms with Gasteiger partial charge in [0, 0.05) is 44.0 Å². The third kappa shape index (κ3) is 4.32. The smallest absolute Gasteiger partial charge is 0.269 e. The fraction of sp³-hybridized carbons (Fsp3) is 0.304. The van der Waals surface area contributed by atoms with Crippen LogP contribution in [0, 0.1) is 17.0 Å². The number of nitro groups is 1. The predicted octanol–water partition coefficient (Wildman–Crippen LogP) is 2.24. The molecule has 11 heteroatoms. The maximum absolute atomic E-state index is 12.8. The van der Waals surface area contributed by atoms with E-state index in [9.17, 15) is 14.9 Å². The molecule has 1 saturated heterocycles. The van der Waals surface area contributed by atoms with Crippen LogP contribution in [0.25, 0.3) is 11.0 Å². The van der Waals surface area contributed by atoms with Crippen LogP contribution in [0.15, 0.2) is 54.7 Å². The van der Waals surface area contributed by atoms with Gasteiger partial charge in [0.2, 0.25) is 5.91 Å². The van der Waals surface area contributed by atoms with Crippen molar-refractivity contribution in [1.29, 1.82) is 0 Å². The number of rotatable bonds is 6. The Bertz CT molecular complexity index is 1340. The lowest BCUT2D eigenvalue weighted by molar-refractivity contribution is -0.384. The van der Waals surface area contributed by atoms with E-state index in [1.165, 1.54) is 12.1 Å². The van der Waals surface area contributed by atoms with Crippen molar-refractivity contribution in [3.8, 4) is 0 Å². The van der Waals surface area contributed by atoms with Crippen LogP contribution < -0.4 is 4.90 Å². The number of piperazine rings is 1. The van der Waals surface area contributed by atoms with Crippen molar-refractivity contribution in [2.75, 3.05) is 31.1 Å². The molecule has 0 unspecified atom stereocenters. The molecule has 1 amide bonds. The summed E-state index contributed by atoms with van der Waals surface area (Å²) in [5, 5.41) is 19.2. The van der Waals surface area contributed by atoms with Crippen molar-refractivity contribution in [2.45, 2.75) is 20.0 Å². The first-order valence-electron chi connectivity index (χ1n) is 11.1. The summed E-state index contributed by atoms with van der Waals surface area (Å²) in [5.41, 5.74) is 3.73. The summed E-state index contributed by atoms with van der Waals surface area (Å²) in [7, 11) is 0. The zero-order chi connectivity index (χ0) is 23.7. The van der Waals surface area contributed by atoms with Gasteiger partial charge in [0.1, 0.15) is 18.1 Å². The number of benzene rings is 2. The van der Waals surface area contributed by atoms with E-state index in [2.05, 4.69) is 24.8 Å². The fourth-order valence-corrected chi connectivity index (χ4v) is 4.28. The number of aryl methyl sites for hydroxylation is 1. The van der Waals surface area contributed by atoms with Crippen LogP contribution in [-0.2, 0) is 17.9 Å². The highest BCUT2D eigenvalue weighted by atomic mass is 16.6. The molecule has 0 spiro atoms. The monoisotopic (exact) mass is 460 g/mol. The molecule has 1 aliphatic rings.